The molecular weight excluding hydrogens is 398 g/mol. The van der Waals surface area contributed by atoms with Crippen LogP contribution in [-0.4, -0.2) is 63.9 Å². The van der Waals surface area contributed by atoms with Gasteiger partial charge in [-0.15, -0.1) is 0 Å². The third-order valence-electron chi connectivity index (χ3n) is 5.09. The first kappa shape index (κ1) is 20.6. The molecule has 0 spiro atoms. The van der Waals surface area contributed by atoms with Crippen molar-refractivity contribution in [1.29, 1.82) is 0 Å². The molecule has 1 aliphatic heterocycles. The van der Waals surface area contributed by atoms with Crippen LogP contribution < -0.4 is 4.74 Å². The fraction of sp³-hybridized carbons (Fsp3) is 0.364. The number of furan rings is 1. The highest BCUT2D eigenvalue weighted by molar-refractivity contribution is 7.71. The Labute approximate surface area is 181 Å². The predicted molar refractivity (Wildman–Crippen MR) is 120 cm³/mol. The summed E-state index contributed by atoms with van der Waals surface area (Å²) in [4.78, 5) is 9.24. The highest BCUT2D eigenvalue weighted by atomic mass is 32.1. The van der Waals surface area contributed by atoms with Crippen molar-refractivity contribution in [2.45, 2.75) is 13.6 Å². The molecule has 7 nitrogen and oxygen atoms in total. The number of aromatic nitrogens is 3. The Morgan fingerprint density at radius 1 is 1.07 bits per heavy atom. The van der Waals surface area contributed by atoms with Crippen LogP contribution in [0.4, 0.5) is 0 Å². The van der Waals surface area contributed by atoms with Crippen molar-refractivity contribution in [3.05, 3.63) is 64.6 Å². The molecule has 1 saturated heterocycles. The largest absolute Gasteiger partial charge is 0.492 e. The van der Waals surface area contributed by atoms with E-state index in [1.54, 1.807) is 0 Å². The third kappa shape index (κ3) is 5.69. The van der Waals surface area contributed by atoms with Crippen LogP contribution in [0.15, 0.2) is 46.9 Å². The van der Waals surface area contributed by atoms with Gasteiger partial charge in [0.05, 0.1) is 6.67 Å². The highest BCUT2D eigenvalue weighted by Crippen LogP contribution is 2.11. The lowest BCUT2D eigenvalue weighted by Crippen LogP contribution is -2.47. The van der Waals surface area contributed by atoms with E-state index in [4.69, 9.17) is 21.4 Å². The number of nitrogens with one attached hydrogen (secondary N) is 1. The Balaban J connectivity index is 1.22. The summed E-state index contributed by atoms with van der Waals surface area (Å²) in [7, 11) is 0. The molecule has 1 N–H and O–H groups in total. The Morgan fingerprint density at radius 3 is 2.57 bits per heavy atom. The van der Waals surface area contributed by atoms with Crippen LogP contribution in [-0.2, 0) is 6.67 Å². The summed E-state index contributed by atoms with van der Waals surface area (Å²) in [6, 6.07) is 13.8. The van der Waals surface area contributed by atoms with E-state index in [0.29, 0.717) is 18.0 Å². The Bertz CT molecular complexity index is 1020. The molecule has 1 aliphatic rings. The van der Waals surface area contributed by atoms with E-state index >= 15 is 0 Å². The molecule has 1 fully saturated rings. The Morgan fingerprint density at radius 2 is 1.83 bits per heavy atom. The monoisotopic (exact) mass is 425 g/mol. The average Bonchev–Trinajstić information content (AvgIpc) is 3.33. The maximum atomic E-state index is 5.81. The number of rotatable bonds is 8. The number of aryl methyl sites for hydroxylation is 1. The van der Waals surface area contributed by atoms with Gasteiger partial charge in [0.25, 0.3) is 0 Å². The van der Waals surface area contributed by atoms with Gasteiger partial charge in [0.15, 0.2) is 0 Å². The second-order valence-electron chi connectivity index (χ2n) is 7.36. The number of piperazine rings is 1. The standard InChI is InChI=1S/C22H27N5O2S/c1-18-7-8-20(29-18)9-10-21-23-22(30)27(24-21)17-26-13-11-25(12-14-26)15-16-28-19-5-3-2-4-6-19/h2-10H,11-17H2,1H3,(H,23,24,30)/b10-9+. The number of hydrogen-bond donors (Lipinski definition) is 1. The SMILES string of the molecule is Cc1ccc(/C=C/c2nc(=S)n(CN3CCN(CCOc4ccccc4)CC3)[nH]2)o1. The minimum atomic E-state index is 0.559. The number of para-hydroxylation sites is 1. The fourth-order valence-electron chi connectivity index (χ4n) is 3.41. The zero-order valence-electron chi connectivity index (χ0n) is 17.2. The van der Waals surface area contributed by atoms with Gasteiger partial charge in [0, 0.05) is 32.7 Å². The third-order valence-corrected chi connectivity index (χ3v) is 5.40. The van der Waals surface area contributed by atoms with Crippen molar-refractivity contribution in [3.8, 4) is 5.75 Å². The number of nitrogens with zero attached hydrogens (tertiary/aromatic N) is 4. The van der Waals surface area contributed by atoms with E-state index in [2.05, 4.69) is 19.9 Å². The molecule has 2 aromatic heterocycles. The lowest BCUT2D eigenvalue weighted by Gasteiger charge is -2.34. The van der Waals surface area contributed by atoms with E-state index in [1.807, 2.05) is 66.2 Å². The predicted octanol–water partition coefficient (Wildman–Crippen LogP) is 3.67. The Kier molecular flexibility index (Phi) is 6.78. The number of aromatic amines is 1. The lowest BCUT2D eigenvalue weighted by molar-refractivity contribution is 0.0921. The Hall–Kier alpha value is -2.68. The average molecular weight is 426 g/mol. The van der Waals surface area contributed by atoms with E-state index in [0.717, 1.165) is 55.8 Å². The number of ether oxygens (including phenoxy) is 1. The molecule has 8 heteroatoms. The van der Waals surface area contributed by atoms with Crippen LogP contribution in [0.3, 0.4) is 0 Å². The number of hydrogen-bond acceptors (Lipinski definition) is 6. The summed E-state index contributed by atoms with van der Waals surface area (Å²) in [6.45, 7) is 8.30. The second kappa shape index (κ2) is 9.88. The number of H-pyrrole nitrogens is 1. The van der Waals surface area contributed by atoms with Gasteiger partial charge in [0.2, 0.25) is 4.77 Å². The van der Waals surface area contributed by atoms with Crippen molar-refractivity contribution >= 4 is 24.4 Å². The molecule has 0 unspecified atom stereocenters. The van der Waals surface area contributed by atoms with Crippen LogP contribution >= 0.6 is 12.2 Å². The quantitative estimate of drug-likeness (QED) is 0.556. The zero-order valence-corrected chi connectivity index (χ0v) is 18.0. The molecule has 3 heterocycles. The topological polar surface area (TPSA) is 62.5 Å². The molecule has 1 aromatic carbocycles. The minimum absolute atomic E-state index is 0.559. The number of benzene rings is 1. The highest BCUT2D eigenvalue weighted by Gasteiger charge is 2.17. The summed E-state index contributed by atoms with van der Waals surface area (Å²) < 4.78 is 13.8. The van der Waals surface area contributed by atoms with E-state index in [1.165, 1.54) is 0 Å². The maximum absolute atomic E-state index is 5.81. The molecule has 0 saturated carbocycles. The van der Waals surface area contributed by atoms with Crippen LogP contribution in [0.5, 0.6) is 5.75 Å². The maximum Gasteiger partial charge on any atom is 0.217 e. The molecule has 30 heavy (non-hydrogen) atoms. The van der Waals surface area contributed by atoms with Crippen LogP contribution in [0.1, 0.15) is 17.3 Å². The van der Waals surface area contributed by atoms with Gasteiger partial charge in [-0.2, -0.15) is 4.98 Å². The lowest BCUT2D eigenvalue weighted by atomic mass is 10.3. The molecular formula is C22H27N5O2S. The molecule has 0 atom stereocenters. The minimum Gasteiger partial charge on any atom is -0.492 e. The van der Waals surface area contributed by atoms with Gasteiger partial charge in [0.1, 0.15) is 29.7 Å². The summed E-state index contributed by atoms with van der Waals surface area (Å²) in [5.41, 5.74) is 0. The zero-order chi connectivity index (χ0) is 20.8. The van der Waals surface area contributed by atoms with Crippen LogP contribution in [0.25, 0.3) is 12.2 Å². The summed E-state index contributed by atoms with van der Waals surface area (Å²) in [5, 5.41) is 3.27. The van der Waals surface area contributed by atoms with Gasteiger partial charge < -0.3 is 9.15 Å². The molecule has 0 amide bonds. The van der Waals surface area contributed by atoms with Crippen molar-refractivity contribution < 1.29 is 9.15 Å². The summed E-state index contributed by atoms with van der Waals surface area (Å²) in [6.07, 6.45) is 3.77. The van der Waals surface area contributed by atoms with Gasteiger partial charge in [-0.1, -0.05) is 18.2 Å². The molecule has 0 radical (unpaired) electrons. The molecule has 0 aliphatic carbocycles. The molecule has 4 rings (SSSR count). The van der Waals surface area contributed by atoms with E-state index < -0.39 is 0 Å². The van der Waals surface area contributed by atoms with Crippen molar-refractivity contribution in [2.24, 2.45) is 0 Å². The van der Waals surface area contributed by atoms with Crippen molar-refractivity contribution in [2.75, 3.05) is 39.3 Å². The van der Waals surface area contributed by atoms with E-state index in [-0.39, 0.29) is 0 Å². The first-order valence-electron chi connectivity index (χ1n) is 10.2. The van der Waals surface area contributed by atoms with Crippen LogP contribution in [0.2, 0.25) is 0 Å². The van der Waals surface area contributed by atoms with Crippen molar-refractivity contribution in [1.82, 2.24) is 24.6 Å². The molecule has 3 aromatic rings. The smallest absolute Gasteiger partial charge is 0.217 e. The van der Waals surface area contributed by atoms with Gasteiger partial charge in [-0.3, -0.25) is 14.9 Å². The van der Waals surface area contributed by atoms with Crippen molar-refractivity contribution in [3.63, 3.8) is 0 Å². The van der Waals surface area contributed by atoms with Gasteiger partial charge in [-0.05, 0) is 55.6 Å². The summed E-state index contributed by atoms with van der Waals surface area (Å²) in [5.74, 6) is 3.34. The van der Waals surface area contributed by atoms with Crippen LogP contribution in [0, 0.1) is 11.7 Å². The second-order valence-corrected chi connectivity index (χ2v) is 7.73. The molecule has 158 valence electrons. The normalized spacial score (nSPS) is 15.8. The van der Waals surface area contributed by atoms with Gasteiger partial charge >= 0.3 is 0 Å². The first-order chi connectivity index (χ1) is 14.7. The van der Waals surface area contributed by atoms with E-state index in [9.17, 15) is 0 Å². The fourth-order valence-corrected chi connectivity index (χ4v) is 3.61. The summed E-state index contributed by atoms with van der Waals surface area (Å²) >= 11 is 5.41. The van der Waals surface area contributed by atoms with Gasteiger partial charge in [-0.25, -0.2) is 4.68 Å². The first-order valence-corrected chi connectivity index (χ1v) is 10.6. The molecule has 0 bridgehead atoms.